The number of carbonyl (C=O) groups is 1. The van der Waals surface area contributed by atoms with Crippen molar-refractivity contribution in [2.45, 2.75) is 51.5 Å². The SMILES string of the molecule is CCCN(C(=O)CCCc1cccs1)C1CCNCC1. The highest BCUT2D eigenvalue weighted by atomic mass is 32.1. The molecule has 1 aromatic rings. The van der Waals surface area contributed by atoms with E-state index in [0.717, 1.165) is 51.7 Å². The number of amides is 1. The van der Waals surface area contributed by atoms with E-state index in [1.165, 1.54) is 4.88 Å². The Bertz CT molecular complexity index is 385. The van der Waals surface area contributed by atoms with Crippen LogP contribution in [0.1, 0.15) is 43.9 Å². The quantitative estimate of drug-likeness (QED) is 0.838. The molecule has 0 bridgehead atoms. The summed E-state index contributed by atoms with van der Waals surface area (Å²) in [6, 6.07) is 4.71. The molecule has 0 aliphatic carbocycles. The van der Waals surface area contributed by atoms with Crippen LogP contribution < -0.4 is 5.32 Å². The zero-order valence-electron chi connectivity index (χ0n) is 12.4. The fraction of sp³-hybridized carbons (Fsp3) is 0.688. The topological polar surface area (TPSA) is 32.3 Å². The molecule has 112 valence electrons. The molecule has 1 aromatic heterocycles. The van der Waals surface area contributed by atoms with Gasteiger partial charge in [-0.1, -0.05) is 13.0 Å². The van der Waals surface area contributed by atoms with Crippen LogP contribution in [0.25, 0.3) is 0 Å². The van der Waals surface area contributed by atoms with Gasteiger partial charge >= 0.3 is 0 Å². The monoisotopic (exact) mass is 294 g/mol. The minimum Gasteiger partial charge on any atom is -0.340 e. The van der Waals surface area contributed by atoms with Gasteiger partial charge in [0, 0.05) is 23.9 Å². The molecule has 1 saturated heterocycles. The molecule has 4 heteroatoms. The summed E-state index contributed by atoms with van der Waals surface area (Å²) in [4.78, 5) is 16.0. The van der Waals surface area contributed by atoms with Crippen molar-refractivity contribution in [1.29, 1.82) is 0 Å². The number of piperidine rings is 1. The van der Waals surface area contributed by atoms with Gasteiger partial charge < -0.3 is 10.2 Å². The number of thiophene rings is 1. The van der Waals surface area contributed by atoms with Gasteiger partial charge in [0.25, 0.3) is 0 Å². The van der Waals surface area contributed by atoms with E-state index >= 15 is 0 Å². The molecule has 3 nitrogen and oxygen atoms in total. The van der Waals surface area contributed by atoms with Gasteiger partial charge in [-0.3, -0.25) is 4.79 Å². The van der Waals surface area contributed by atoms with Gasteiger partial charge in [0.05, 0.1) is 0 Å². The molecule has 1 amide bonds. The molecule has 0 spiro atoms. The Balaban J connectivity index is 1.79. The van der Waals surface area contributed by atoms with E-state index in [4.69, 9.17) is 0 Å². The maximum atomic E-state index is 12.5. The Kier molecular flexibility index (Phi) is 6.54. The number of hydrogen-bond donors (Lipinski definition) is 1. The third-order valence-electron chi connectivity index (χ3n) is 3.93. The van der Waals surface area contributed by atoms with Crippen molar-refractivity contribution in [3.8, 4) is 0 Å². The van der Waals surface area contributed by atoms with Crippen LogP contribution in [0.15, 0.2) is 17.5 Å². The molecule has 2 heterocycles. The summed E-state index contributed by atoms with van der Waals surface area (Å²) < 4.78 is 0. The standard InChI is InChI=1S/C16H26N2OS/c1-2-12-18(14-8-10-17-11-9-14)16(19)7-3-5-15-6-4-13-20-15/h4,6,13-14,17H,2-3,5,7-12H2,1H3. The van der Waals surface area contributed by atoms with Crippen molar-refractivity contribution in [3.05, 3.63) is 22.4 Å². The zero-order valence-corrected chi connectivity index (χ0v) is 13.3. The molecule has 1 aliphatic heterocycles. The summed E-state index contributed by atoms with van der Waals surface area (Å²) in [5.74, 6) is 0.357. The largest absolute Gasteiger partial charge is 0.340 e. The van der Waals surface area contributed by atoms with Crippen LogP contribution in [0.2, 0.25) is 0 Å². The second-order valence-corrected chi connectivity index (χ2v) is 6.53. The summed E-state index contributed by atoms with van der Waals surface area (Å²) >= 11 is 1.79. The Labute approximate surface area is 126 Å². The minimum absolute atomic E-state index is 0.357. The van der Waals surface area contributed by atoms with E-state index < -0.39 is 0 Å². The maximum absolute atomic E-state index is 12.5. The fourth-order valence-corrected chi connectivity index (χ4v) is 3.63. The number of hydrogen-bond acceptors (Lipinski definition) is 3. The molecule has 0 radical (unpaired) electrons. The van der Waals surface area contributed by atoms with E-state index in [2.05, 4.69) is 34.7 Å². The van der Waals surface area contributed by atoms with E-state index in [9.17, 15) is 4.79 Å². The van der Waals surface area contributed by atoms with Crippen LogP contribution in [-0.4, -0.2) is 36.5 Å². The average molecular weight is 294 g/mol. The lowest BCUT2D eigenvalue weighted by Gasteiger charge is -2.34. The predicted octanol–water partition coefficient (Wildman–Crippen LogP) is 3.06. The lowest BCUT2D eigenvalue weighted by molar-refractivity contribution is -0.134. The Hall–Kier alpha value is -0.870. The number of nitrogens with one attached hydrogen (secondary N) is 1. The molecule has 0 unspecified atom stereocenters. The van der Waals surface area contributed by atoms with Gasteiger partial charge in [-0.15, -0.1) is 11.3 Å². The van der Waals surface area contributed by atoms with Crippen molar-refractivity contribution >= 4 is 17.2 Å². The van der Waals surface area contributed by atoms with Crippen molar-refractivity contribution in [3.63, 3.8) is 0 Å². The summed E-state index contributed by atoms with van der Waals surface area (Å²) in [5.41, 5.74) is 0. The lowest BCUT2D eigenvalue weighted by atomic mass is 10.0. The van der Waals surface area contributed by atoms with Gasteiger partial charge in [-0.25, -0.2) is 0 Å². The van der Waals surface area contributed by atoms with Gasteiger partial charge in [-0.05, 0) is 56.6 Å². The first kappa shape index (κ1) is 15.5. The molecule has 20 heavy (non-hydrogen) atoms. The van der Waals surface area contributed by atoms with Crippen LogP contribution in [-0.2, 0) is 11.2 Å². The fourth-order valence-electron chi connectivity index (χ4n) is 2.88. The minimum atomic E-state index is 0.357. The van der Waals surface area contributed by atoms with Crippen LogP contribution in [0.5, 0.6) is 0 Å². The molecular weight excluding hydrogens is 268 g/mol. The Morgan fingerprint density at radius 1 is 1.45 bits per heavy atom. The number of rotatable bonds is 7. The first-order valence-corrected chi connectivity index (χ1v) is 8.71. The van der Waals surface area contributed by atoms with Crippen molar-refractivity contribution in [2.75, 3.05) is 19.6 Å². The first-order chi connectivity index (χ1) is 9.81. The highest BCUT2D eigenvalue weighted by Gasteiger charge is 2.23. The Morgan fingerprint density at radius 3 is 2.90 bits per heavy atom. The smallest absolute Gasteiger partial charge is 0.222 e. The molecule has 1 N–H and O–H groups in total. The van der Waals surface area contributed by atoms with E-state index in [0.29, 0.717) is 18.4 Å². The second kappa shape index (κ2) is 8.42. The number of aryl methyl sites for hydroxylation is 1. The van der Waals surface area contributed by atoms with Gasteiger partial charge in [0.2, 0.25) is 5.91 Å². The van der Waals surface area contributed by atoms with E-state index in [1.807, 2.05) is 0 Å². The van der Waals surface area contributed by atoms with Gasteiger partial charge in [0.15, 0.2) is 0 Å². The van der Waals surface area contributed by atoms with Crippen molar-refractivity contribution in [1.82, 2.24) is 10.2 Å². The second-order valence-electron chi connectivity index (χ2n) is 5.50. The molecule has 1 fully saturated rings. The molecule has 0 saturated carbocycles. The van der Waals surface area contributed by atoms with E-state index in [1.54, 1.807) is 11.3 Å². The number of nitrogens with zero attached hydrogens (tertiary/aromatic N) is 1. The molecule has 1 aliphatic rings. The first-order valence-electron chi connectivity index (χ1n) is 7.84. The predicted molar refractivity (Wildman–Crippen MR) is 85.2 cm³/mol. The zero-order chi connectivity index (χ0) is 14.2. The van der Waals surface area contributed by atoms with Gasteiger partial charge in [-0.2, -0.15) is 0 Å². The highest BCUT2D eigenvalue weighted by Crippen LogP contribution is 2.16. The average Bonchev–Trinajstić information content (AvgIpc) is 2.99. The number of carbonyl (C=O) groups excluding carboxylic acids is 1. The third-order valence-corrected chi connectivity index (χ3v) is 4.86. The maximum Gasteiger partial charge on any atom is 0.222 e. The van der Waals surface area contributed by atoms with Crippen molar-refractivity contribution in [2.24, 2.45) is 0 Å². The van der Waals surface area contributed by atoms with Crippen LogP contribution >= 0.6 is 11.3 Å². The summed E-state index contributed by atoms with van der Waals surface area (Å²) in [5, 5.41) is 5.48. The third kappa shape index (κ3) is 4.60. The molecule has 0 atom stereocenters. The molecule has 2 rings (SSSR count). The molecular formula is C16H26N2OS. The summed E-state index contributed by atoms with van der Waals surface area (Å²) in [6.45, 7) is 5.18. The normalized spacial score (nSPS) is 16.2. The van der Waals surface area contributed by atoms with Gasteiger partial charge in [0.1, 0.15) is 0 Å². The van der Waals surface area contributed by atoms with Crippen molar-refractivity contribution < 1.29 is 4.79 Å². The van der Waals surface area contributed by atoms with Crippen LogP contribution in [0.4, 0.5) is 0 Å². The highest BCUT2D eigenvalue weighted by molar-refractivity contribution is 7.09. The summed E-state index contributed by atoms with van der Waals surface area (Å²) in [6.07, 6.45) is 5.98. The van der Waals surface area contributed by atoms with Crippen LogP contribution in [0.3, 0.4) is 0 Å². The molecule has 0 aromatic carbocycles. The lowest BCUT2D eigenvalue weighted by Crippen LogP contribution is -2.46. The Morgan fingerprint density at radius 2 is 2.25 bits per heavy atom. The van der Waals surface area contributed by atoms with E-state index in [-0.39, 0.29) is 0 Å². The van der Waals surface area contributed by atoms with Crippen LogP contribution in [0, 0.1) is 0 Å². The summed E-state index contributed by atoms with van der Waals surface area (Å²) in [7, 11) is 0.